The largest absolute Gasteiger partial charge is 0.478 e. The molecule has 29 heavy (non-hydrogen) atoms. The maximum atomic E-state index is 13.4. The predicted molar refractivity (Wildman–Crippen MR) is 112 cm³/mol. The zero-order valence-corrected chi connectivity index (χ0v) is 16.9. The van der Waals surface area contributed by atoms with Gasteiger partial charge in [-0.3, -0.25) is 9.48 Å². The molecule has 152 valence electrons. The second kappa shape index (κ2) is 8.34. The van der Waals surface area contributed by atoms with Gasteiger partial charge in [0.05, 0.1) is 16.5 Å². The van der Waals surface area contributed by atoms with Gasteiger partial charge in [0.15, 0.2) is 0 Å². The minimum absolute atomic E-state index is 0.0153. The van der Waals surface area contributed by atoms with Gasteiger partial charge in [-0.05, 0) is 43.5 Å². The molecule has 0 bridgehead atoms. The highest BCUT2D eigenvalue weighted by molar-refractivity contribution is 6.02. The average Bonchev–Trinajstić information content (AvgIpc) is 2.99. The lowest BCUT2D eigenvalue weighted by molar-refractivity contribution is 0.0698. The van der Waals surface area contributed by atoms with E-state index in [-0.39, 0.29) is 16.5 Å². The summed E-state index contributed by atoms with van der Waals surface area (Å²) in [6, 6.07) is 11.9. The van der Waals surface area contributed by atoms with Crippen molar-refractivity contribution in [2.75, 3.05) is 6.54 Å². The van der Waals surface area contributed by atoms with E-state index in [4.69, 9.17) is 0 Å². The number of hydrogen-bond donors (Lipinski definition) is 1. The smallest absolute Gasteiger partial charge is 0.346 e. The Bertz CT molecular complexity index is 1130. The summed E-state index contributed by atoms with van der Waals surface area (Å²) in [5.74, 6) is -1.13. The molecule has 1 aromatic heterocycles. The molecule has 7 heteroatoms. The van der Waals surface area contributed by atoms with Crippen LogP contribution in [-0.4, -0.2) is 37.9 Å². The van der Waals surface area contributed by atoms with Gasteiger partial charge < -0.3 is 10.0 Å². The Labute approximate surface area is 168 Å². The molecular formula is C22H25N3O4. The van der Waals surface area contributed by atoms with E-state index in [1.165, 1.54) is 16.8 Å². The Morgan fingerprint density at radius 2 is 1.79 bits per heavy atom. The molecule has 0 saturated carbocycles. The van der Waals surface area contributed by atoms with E-state index in [2.05, 4.69) is 0 Å². The fourth-order valence-electron chi connectivity index (χ4n) is 3.55. The van der Waals surface area contributed by atoms with Crippen LogP contribution in [0, 0.1) is 6.92 Å². The van der Waals surface area contributed by atoms with Gasteiger partial charge in [0.1, 0.15) is 0 Å². The summed E-state index contributed by atoms with van der Waals surface area (Å²) in [6.07, 6.45) is 0.647. The van der Waals surface area contributed by atoms with Crippen LogP contribution in [0.2, 0.25) is 0 Å². The first kappa shape index (κ1) is 20.4. The third-order valence-corrected chi connectivity index (χ3v) is 5.08. The van der Waals surface area contributed by atoms with E-state index in [0.717, 1.165) is 15.8 Å². The van der Waals surface area contributed by atoms with E-state index in [1.54, 1.807) is 11.0 Å². The van der Waals surface area contributed by atoms with Gasteiger partial charge >= 0.3 is 12.0 Å². The summed E-state index contributed by atoms with van der Waals surface area (Å²) < 4.78 is 2.59. The molecule has 3 rings (SSSR count). The fraction of sp³-hybridized carbons (Fsp3) is 0.318. The van der Waals surface area contributed by atoms with Crippen LogP contribution in [-0.2, 0) is 13.1 Å². The van der Waals surface area contributed by atoms with Gasteiger partial charge in [-0.15, -0.1) is 0 Å². The highest BCUT2D eigenvalue weighted by Crippen LogP contribution is 2.19. The lowest BCUT2D eigenvalue weighted by Crippen LogP contribution is -2.41. The summed E-state index contributed by atoms with van der Waals surface area (Å²) in [5.41, 5.74) is 1.87. The normalized spacial score (nSPS) is 11.0. The van der Waals surface area contributed by atoms with E-state index in [9.17, 15) is 19.5 Å². The number of nitrogens with zero attached hydrogens (tertiary/aromatic N) is 3. The number of carboxylic acid groups (broad SMARTS) is 1. The van der Waals surface area contributed by atoms with Crippen molar-refractivity contribution in [1.82, 2.24) is 14.3 Å². The average molecular weight is 395 g/mol. The molecule has 0 spiro atoms. The number of aromatic nitrogens is 2. The first-order valence-corrected chi connectivity index (χ1v) is 9.72. The van der Waals surface area contributed by atoms with Crippen LogP contribution in [0.25, 0.3) is 10.9 Å². The summed E-state index contributed by atoms with van der Waals surface area (Å²) in [6.45, 7) is 6.90. The molecule has 0 saturated heterocycles. The third-order valence-electron chi connectivity index (χ3n) is 5.08. The Kier molecular flexibility index (Phi) is 5.87. The SMILES string of the molecule is CCCn1c2c(C(=O)O)cccc2c(=O)n1C(=O)N(CC)Cc1ccccc1C. The second-order valence-corrected chi connectivity index (χ2v) is 6.97. The van der Waals surface area contributed by atoms with Crippen molar-refractivity contribution in [2.24, 2.45) is 0 Å². The van der Waals surface area contributed by atoms with E-state index in [1.807, 2.05) is 45.0 Å². The number of carbonyl (C=O) groups is 2. The lowest BCUT2D eigenvalue weighted by atomic mass is 10.1. The Morgan fingerprint density at radius 3 is 2.41 bits per heavy atom. The molecule has 0 atom stereocenters. The van der Waals surface area contributed by atoms with Crippen molar-refractivity contribution in [2.45, 2.75) is 40.3 Å². The molecule has 0 aliphatic carbocycles. The number of amides is 1. The molecule has 1 heterocycles. The van der Waals surface area contributed by atoms with Gasteiger partial charge in [-0.1, -0.05) is 37.3 Å². The number of carbonyl (C=O) groups excluding carboxylic acids is 1. The zero-order chi connectivity index (χ0) is 21.1. The van der Waals surface area contributed by atoms with Crippen molar-refractivity contribution >= 4 is 22.9 Å². The molecule has 0 unspecified atom stereocenters. The van der Waals surface area contributed by atoms with Gasteiger partial charge in [-0.25, -0.2) is 9.59 Å². The first-order chi connectivity index (χ1) is 13.9. The number of hydrogen-bond acceptors (Lipinski definition) is 3. The van der Waals surface area contributed by atoms with Crippen LogP contribution in [0.3, 0.4) is 0 Å². The van der Waals surface area contributed by atoms with E-state index >= 15 is 0 Å². The van der Waals surface area contributed by atoms with Gasteiger partial charge in [-0.2, -0.15) is 4.68 Å². The highest BCUT2D eigenvalue weighted by Gasteiger charge is 2.25. The Balaban J connectivity index is 2.16. The molecule has 1 N–H and O–H groups in total. The van der Waals surface area contributed by atoms with Crippen molar-refractivity contribution in [3.05, 3.63) is 69.5 Å². The van der Waals surface area contributed by atoms with Gasteiger partial charge in [0.25, 0.3) is 5.56 Å². The molecule has 3 aromatic rings. The molecule has 1 amide bonds. The molecule has 0 aliphatic heterocycles. The predicted octanol–water partition coefficient (Wildman–Crippen LogP) is 3.71. The molecular weight excluding hydrogens is 370 g/mol. The number of para-hydroxylation sites is 1. The number of benzene rings is 2. The second-order valence-electron chi connectivity index (χ2n) is 6.97. The Morgan fingerprint density at radius 1 is 1.07 bits per heavy atom. The van der Waals surface area contributed by atoms with Crippen molar-refractivity contribution in [1.29, 1.82) is 0 Å². The van der Waals surface area contributed by atoms with Crippen LogP contribution < -0.4 is 5.56 Å². The maximum Gasteiger partial charge on any atom is 0.346 e. The monoisotopic (exact) mass is 395 g/mol. The minimum atomic E-state index is -1.13. The van der Waals surface area contributed by atoms with Gasteiger partial charge in [0.2, 0.25) is 0 Å². The first-order valence-electron chi connectivity index (χ1n) is 9.72. The quantitative estimate of drug-likeness (QED) is 0.690. The minimum Gasteiger partial charge on any atom is -0.478 e. The van der Waals surface area contributed by atoms with E-state index < -0.39 is 17.6 Å². The number of aromatic carboxylic acids is 1. The molecule has 7 nitrogen and oxygen atoms in total. The molecule has 0 aliphatic rings. The van der Waals surface area contributed by atoms with E-state index in [0.29, 0.717) is 26.1 Å². The number of rotatable bonds is 6. The third kappa shape index (κ3) is 3.68. The topological polar surface area (TPSA) is 84.5 Å². The molecule has 0 radical (unpaired) electrons. The summed E-state index contributed by atoms with van der Waals surface area (Å²) in [4.78, 5) is 39.8. The van der Waals surface area contributed by atoms with Gasteiger partial charge in [0, 0.05) is 19.6 Å². The number of carboxylic acids is 1. The summed E-state index contributed by atoms with van der Waals surface area (Å²) in [7, 11) is 0. The van der Waals surface area contributed by atoms with Crippen molar-refractivity contribution in [3.8, 4) is 0 Å². The summed E-state index contributed by atoms with van der Waals surface area (Å²) >= 11 is 0. The van der Waals surface area contributed by atoms with Crippen LogP contribution >= 0.6 is 0 Å². The van der Waals surface area contributed by atoms with Crippen LogP contribution in [0.15, 0.2) is 47.3 Å². The highest BCUT2D eigenvalue weighted by atomic mass is 16.4. The summed E-state index contributed by atoms with van der Waals surface area (Å²) in [5, 5.41) is 9.81. The van der Waals surface area contributed by atoms with Crippen molar-refractivity contribution < 1.29 is 14.7 Å². The molecule has 0 fully saturated rings. The molecule has 2 aromatic carbocycles. The van der Waals surface area contributed by atoms with Crippen LogP contribution in [0.5, 0.6) is 0 Å². The zero-order valence-electron chi connectivity index (χ0n) is 16.9. The van der Waals surface area contributed by atoms with Crippen LogP contribution in [0.1, 0.15) is 41.8 Å². The fourth-order valence-corrected chi connectivity index (χ4v) is 3.55. The maximum absolute atomic E-state index is 13.4. The van der Waals surface area contributed by atoms with Crippen molar-refractivity contribution in [3.63, 3.8) is 0 Å². The number of fused-ring (bicyclic) bond motifs is 1. The lowest BCUT2D eigenvalue weighted by Gasteiger charge is -2.23. The standard InChI is InChI=1S/C22H25N3O4/c1-4-13-24-19-17(11-8-12-18(19)21(27)28)20(26)25(24)22(29)23(5-2)14-16-10-7-6-9-15(16)3/h6-12H,4-5,13-14H2,1-3H3,(H,27,28). The number of aryl methyl sites for hydroxylation is 2. The Hall–Kier alpha value is -3.35. The van der Waals surface area contributed by atoms with Crippen LogP contribution in [0.4, 0.5) is 4.79 Å².